The number of amides is 1. The van der Waals surface area contributed by atoms with Crippen LogP contribution in [0, 0.1) is 0 Å². The number of halogens is 1. The first-order valence-electron chi connectivity index (χ1n) is 4.37. The molecule has 5 nitrogen and oxygen atoms in total. The van der Waals surface area contributed by atoms with Gasteiger partial charge in [0.2, 0.25) is 0 Å². The molecule has 0 aromatic rings. The summed E-state index contributed by atoms with van der Waals surface area (Å²) in [6.07, 6.45) is 0. The van der Waals surface area contributed by atoms with Crippen molar-refractivity contribution in [3.63, 3.8) is 0 Å². The second kappa shape index (κ2) is 8.26. The van der Waals surface area contributed by atoms with Crippen LogP contribution in [0.25, 0.3) is 0 Å². The molecule has 0 unspecified atom stereocenters. The standard InChI is InChI=1S/C9H14ClNO4/c1-7(2)8(12)15-6-5-14-4-3-11-9(10)13/h1,3-6H2,2H3,(H,11,13). The SMILES string of the molecule is C=C(C)C(=O)OCCOCCNC(=O)Cl. The lowest BCUT2D eigenvalue weighted by atomic mass is 10.4. The van der Waals surface area contributed by atoms with Gasteiger partial charge in [0, 0.05) is 12.1 Å². The van der Waals surface area contributed by atoms with Gasteiger partial charge < -0.3 is 14.8 Å². The molecular formula is C9H14ClNO4. The van der Waals surface area contributed by atoms with Crippen molar-refractivity contribution < 1.29 is 19.1 Å². The van der Waals surface area contributed by atoms with Crippen LogP contribution in [-0.4, -0.2) is 37.7 Å². The van der Waals surface area contributed by atoms with Crippen molar-refractivity contribution in [2.45, 2.75) is 6.92 Å². The Morgan fingerprint density at radius 2 is 2.00 bits per heavy atom. The van der Waals surface area contributed by atoms with Crippen LogP contribution in [0.1, 0.15) is 6.92 Å². The highest BCUT2D eigenvalue weighted by molar-refractivity contribution is 6.62. The molecule has 1 amide bonds. The summed E-state index contributed by atoms with van der Waals surface area (Å²) in [5, 5.41) is 1.72. The molecule has 0 spiro atoms. The monoisotopic (exact) mass is 235 g/mol. The van der Waals surface area contributed by atoms with E-state index in [0.29, 0.717) is 18.7 Å². The average Bonchev–Trinajstić information content (AvgIpc) is 2.15. The number of esters is 1. The Labute approximate surface area is 93.4 Å². The molecule has 0 saturated heterocycles. The molecule has 0 bridgehead atoms. The Bertz CT molecular complexity index is 242. The van der Waals surface area contributed by atoms with Gasteiger partial charge in [0.25, 0.3) is 0 Å². The maximum atomic E-state index is 10.9. The van der Waals surface area contributed by atoms with Crippen molar-refractivity contribution in [2.24, 2.45) is 0 Å². The third kappa shape index (κ3) is 9.24. The third-order valence-electron chi connectivity index (χ3n) is 1.32. The maximum absolute atomic E-state index is 10.9. The third-order valence-corrected chi connectivity index (χ3v) is 1.45. The quantitative estimate of drug-likeness (QED) is 0.236. The topological polar surface area (TPSA) is 64.6 Å². The molecule has 86 valence electrons. The summed E-state index contributed by atoms with van der Waals surface area (Å²) in [6.45, 7) is 6.09. The zero-order valence-electron chi connectivity index (χ0n) is 8.55. The van der Waals surface area contributed by atoms with Crippen molar-refractivity contribution in [3.05, 3.63) is 12.2 Å². The molecule has 0 fully saturated rings. The number of hydrogen-bond acceptors (Lipinski definition) is 4. The Morgan fingerprint density at radius 1 is 1.33 bits per heavy atom. The fourth-order valence-corrected chi connectivity index (χ4v) is 0.735. The van der Waals surface area contributed by atoms with Crippen LogP contribution >= 0.6 is 11.6 Å². The zero-order chi connectivity index (χ0) is 11.7. The number of hydrogen-bond donors (Lipinski definition) is 1. The van der Waals surface area contributed by atoms with Crippen molar-refractivity contribution in [2.75, 3.05) is 26.4 Å². The molecule has 0 atom stereocenters. The van der Waals surface area contributed by atoms with Crippen molar-refractivity contribution in [1.82, 2.24) is 5.32 Å². The highest BCUT2D eigenvalue weighted by Crippen LogP contribution is 1.91. The number of carbonyl (C=O) groups is 2. The summed E-state index contributed by atoms with van der Waals surface area (Å²) in [6, 6.07) is 0. The Morgan fingerprint density at radius 3 is 2.53 bits per heavy atom. The van der Waals surface area contributed by atoms with Crippen LogP contribution in [0.3, 0.4) is 0 Å². The predicted octanol–water partition coefficient (Wildman–Crippen LogP) is 1.07. The number of rotatable bonds is 7. The van der Waals surface area contributed by atoms with E-state index in [1.54, 1.807) is 6.92 Å². The molecular weight excluding hydrogens is 222 g/mol. The molecule has 0 heterocycles. The van der Waals surface area contributed by atoms with E-state index in [4.69, 9.17) is 21.1 Å². The normalized spacial score (nSPS) is 9.47. The summed E-state index contributed by atoms with van der Waals surface area (Å²) >= 11 is 5.01. The maximum Gasteiger partial charge on any atom is 0.333 e. The summed E-state index contributed by atoms with van der Waals surface area (Å²) in [5.74, 6) is -0.437. The largest absolute Gasteiger partial charge is 0.460 e. The summed E-state index contributed by atoms with van der Waals surface area (Å²) in [7, 11) is 0. The van der Waals surface area contributed by atoms with Gasteiger partial charge in [-0.15, -0.1) is 0 Å². The van der Waals surface area contributed by atoms with Gasteiger partial charge in [-0.05, 0) is 18.5 Å². The molecule has 0 aromatic carbocycles. The molecule has 0 rings (SSSR count). The van der Waals surface area contributed by atoms with E-state index in [2.05, 4.69) is 11.9 Å². The molecule has 1 N–H and O–H groups in total. The molecule has 0 radical (unpaired) electrons. The zero-order valence-corrected chi connectivity index (χ0v) is 9.30. The average molecular weight is 236 g/mol. The number of carbonyl (C=O) groups excluding carboxylic acids is 2. The fourth-order valence-electron chi connectivity index (χ4n) is 0.640. The van der Waals surface area contributed by atoms with E-state index >= 15 is 0 Å². The van der Waals surface area contributed by atoms with Gasteiger partial charge in [0.15, 0.2) is 0 Å². The van der Waals surface area contributed by atoms with Crippen LogP contribution < -0.4 is 5.32 Å². The predicted molar refractivity (Wildman–Crippen MR) is 55.8 cm³/mol. The van der Waals surface area contributed by atoms with E-state index in [0.717, 1.165) is 0 Å². The van der Waals surface area contributed by atoms with Gasteiger partial charge in [-0.2, -0.15) is 0 Å². The van der Waals surface area contributed by atoms with Gasteiger partial charge in [0.05, 0.1) is 13.2 Å². The van der Waals surface area contributed by atoms with E-state index in [9.17, 15) is 9.59 Å². The van der Waals surface area contributed by atoms with E-state index < -0.39 is 11.3 Å². The lowest BCUT2D eigenvalue weighted by Gasteiger charge is -2.05. The summed E-state index contributed by atoms with van der Waals surface area (Å²) in [4.78, 5) is 21.1. The van der Waals surface area contributed by atoms with Crippen LogP contribution in [0.4, 0.5) is 4.79 Å². The molecule has 6 heteroatoms. The first-order valence-corrected chi connectivity index (χ1v) is 4.75. The fraction of sp³-hybridized carbons (Fsp3) is 0.556. The minimum Gasteiger partial charge on any atom is -0.460 e. The lowest BCUT2D eigenvalue weighted by molar-refractivity contribution is -0.140. The number of nitrogens with one attached hydrogen (secondary N) is 1. The van der Waals surface area contributed by atoms with E-state index in [-0.39, 0.29) is 13.2 Å². The minimum absolute atomic E-state index is 0.167. The molecule has 0 saturated carbocycles. The Kier molecular flexibility index (Phi) is 7.67. The van der Waals surface area contributed by atoms with Crippen LogP contribution in [0.2, 0.25) is 0 Å². The Balaban J connectivity index is 3.22. The smallest absolute Gasteiger partial charge is 0.333 e. The van der Waals surface area contributed by atoms with Gasteiger partial charge in [-0.1, -0.05) is 6.58 Å². The molecule has 0 aromatic heterocycles. The molecule has 0 aliphatic carbocycles. The highest BCUT2D eigenvalue weighted by Gasteiger charge is 2.01. The highest BCUT2D eigenvalue weighted by atomic mass is 35.5. The van der Waals surface area contributed by atoms with Gasteiger partial charge in [-0.3, -0.25) is 4.79 Å². The second-order valence-electron chi connectivity index (χ2n) is 2.73. The second-order valence-corrected chi connectivity index (χ2v) is 3.07. The van der Waals surface area contributed by atoms with Gasteiger partial charge in [0.1, 0.15) is 6.61 Å². The lowest BCUT2D eigenvalue weighted by Crippen LogP contribution is -2.22. The first kappa shape index (κ1) is 13.9. The van der Waals surface area contributed by atoms with Crippen LogP contribution in [0.15, 0.2) is 12.2 Å². The number of ether oxygens (including phenoxy) is 2. The molecule has 0 aliphatic rings. The van der Waals surface area contributed by atoms with Crippen molar-refractivity contribution >= 4 is 22.9 Å². The summed E-state index contributed by atoms with van der Waals surface area (Å²) < 4.78 is 9.79. The van der Waals surface area contributed by atoms with Gasteiger partial charge in [-0.25, -0.2) is 4.79 Å². The summed E-state index contributed by atoms with van der Waals surface area (Å²) in [5.41, 5.74) is 0.351. The van der Waals surface area contributed by atoms with Crippen molar-refractivity contribution in [3.8, 4) is 0 Å². The minimum atomic E-state index is -0.618. The van der Waals surface area contributed by atoms with Crippen LogP contribution in [-0.2, 0) is 14.3 Å². The molecule has 0 aliphatic heterocycles. The van der Waals surface area contributed by atoms with Crippen LogP contribution in [0.5, 0.6) is 0 Å². The first-order chi connectivity index (χ1) is 7.04. The Hall–Kier alpha value is -1.07. The van der Waals surface area contributed by atoms with E-state index in [1.807, 2.05) is 0 Å². The molecule has 15 heavy (non-hydrogen) atoms. The van der Waals surface area contributed by atoms with E-state index in [1.165, 1.54) is 0 Å². The van der Waals surface area contributed by atoms with Crippen molar-refractivity contribution in [1.29, 1.82) is 0 Å². The van der Waals surface area contributed by atoms with Gasteiger partial charge >= 0.3 is 11.3 Å².